The fraction of sp³-hybridized carbons (Fsp3) is 0.188. The number of carbonyl (C=O) groups is 1. The largest absolute Gasteiger partial charge is 0.482 e. The van der Waals surface area contributed by atoms with E-state index in [1.165, 1.54) is 0 Å². The minimum Gasteiger partial charge on any atom is -0.482 e. The van der Waals surface area contributed by atoms with E-state index in [1.807, 2.05) is 42.5 Å². The molecule has 0 saturated carbocycles. The standard InChI is InChI=1S/C16H16ClNO3/c1-2-21-18-16(19)11-20-15-9-8-13(10-14(15)17)12-6-4-3-5-7-12/h3-10H,2,11H2,1H3,(H,18,19). The van der Waals surface area contributed by atoms with Crippen LogP contribution in [-0.4, -0.2) is 19.1 Å². The van der Waals surface area contributed by atoms with Crippen LogP contribution in [0.3, 0.4) is 0 Å². The second-order valence-corrected chi connectivity index (χ2v) is 4.67. The van der Waals surface area contributed by atoms with Gasteiger partial charge in [-0.3, -0.25) is 9.63 Å². The molecular weight excluding hydrogens is 290 g/mol. The van der Waals surface area contributed by atoms with E-state index in [9.17, 15) is 4.79 Å². The van der Waals surface area contributed by atoms with Crippen LogP contribution in [0.5, 0.6) is 5.75 Å². The second kappa shape index (κ2) is 7.67. The Morgan fingerprint density at radius 2 is 1.90 bits per heavy atom. The molecule has 2 aromatic carbocycles. The lowest BCUT2D eigenvalue weighted by Crippen LogP contribution is -2.29. The van der Waals surface area contributed by atoms with Crippen LogP contribution < -0.4 is 10.2 Å². The zero-order valence-electron chi connectivity index (χ0n) is 11.6. The minimum absolute atomic E-state index is 0.148. The summed E-state index contributed by atoms with van der Waals surface area (Å²) >= 11 is 6.18. The Morgan fingerprint density at radius 3 is 2.57 bits per heavy atom. The van der Waals surface area contributed by atoms with Gasteiger partial charge in [0.25, 0.3) is 5.91 Å². The lowest BCUT2D eigenvalue weighted by Gasteiger charge is -2.10. The molecule has 0 aromatic heterocycles. The summed E-state index contributed by atoms with van der Waals surface area (Å²) in [6.45, 7) is 2.03. The van der Waals surface area contributed by atoms with Gasteiger partial charge in [-0.25, -0.2) is 5.48 Å². The van der Waals surface area contributed by atoms with Gasteiger partial charge in [0, 0.05) is 0 Å². The van der Waals surface area contributed by atoms with Crippen molar-refractivity contribution in [3.8, 4) is 16.9 Å². The Kier molecular flexibility index (Phi) is 5.60. The summed E-state index contributed by atoms with van der Waals surface area (Å²) in [5.74, 6) is 0.100. The minimum atomic E-state index is -0.361. The average molecular weight is 306 g/mol. The summed E-state index contributed by atoms with van der Waals surface area (Å²) in [5, 5.41) is 0.459. The number of rotatable bonds is 6. The van der Waals surface area contributed by atoms with Crippen LogP contribution in [0, 0.1) is 0 Å². The summed E-state index contributed by atoms with van der Waals surface area (Å²) in [6.07, 6.45) is 0. The summed E-state index contributed by atoms with van der Waals surface area (Å²) in [5.41, 5.74) is 4.31. The highest BCUT2D eigenvalue weighted by molar-refractivity contribution is 6.32. The number of hydrogen-bond acceptors (Lipinski definition) is 3. The molecule has 0 unspecified atom stereocenters. The van der Waals surface area contributed by atoms with E-state index in [0.717, 1.165) is 11.1 Å². The van der Waals surface area contributed by atoms with Crippen molar-refractivity contribution in [2.45, 2.75) is 6.92 Å². The molecular formula is C16H16ClNO3. The molecule has 1 N–H and O–H groups in total. The molecule has 0 aliphatic carbocycles. The molecule has 0 aliphatic rings. The molecule has 5 heteroatoms. The van der Waals surface area contributed by atoms with Gasteiger partial charge in [-0.05, 0) is 30.2 Å². The number of carbonyl (C=O) groups excluding carboxylic acids is 1. The van der Waals surface area contributed by atoms with Gasteiger partial charge in [0.15, 0.2) is 6.61 Å². The van der Waals surface area contributed by atoms with Crippen molar-refractivity contribution < 1.29 is 14.4 Å². The van der Waals surface area contributed by atoms with E-state index in [-0.39, 0.29) is 12.5 Å². The van der Waals surface area contributed by atoms with Gasteiger partial charge >= 0.3 is 0 Å². The molecule has 0 fully saturated rings. The second-order valence-electron chi connectivity index (χ2n) is 4.26. The topological polar surface area (TPSA) is 47.6 Å². The Morgan fingerprint density at radius 1 is 1.14 bits per heavy atom. The third-order valence-corrected chi connectivity index (χ3v) is 3.02. The van der Waals surface area contributed by atoms with Crippen molar-refractivity contribution in [1.82, 2.24) is 5.48 Å². The number of ether oxygens (including phenoxy) is 1. The number of halogens is 1. The van der Waals surface area contributed by atoms with Gasteiger partial charge in [0.05, 0.1) is 11.6 Å². The van der Waals surface area contributed by atoms with Crippen molar-refractivity contribution in [2.75, 3.05) is 13.2 Å². The van der Waals surface area contributed by atoms with E-state index in [1.54, 1.807) is 13.0 Å². The molecule has 2 aromatic rings. The summed E-state index contributed by atoms with van der Waals surface area (Å²) < 4.78 is 5.36. The molecule has 4 nitrogen and oxygen atoms in total. The Labute approximate surface area is 128 Å². The van der Waals surface area contributed by atoms with Crippen molar-refractivity contribution in [3.63, 3.8) is 0 Å². The number of hydrogen-bond donors (Lipinski definition) is 1. The summed E-state index contributed by atoms with van der Waals surface area (Å²) in [7, 11) is 0. The fourth-order valence-corrected chi connectivity index (χ4v) is 1.99. The van der Waals surface area contributed by atoms with E-state index >= 15 is 0 Å². The van der Waals surface area contributed by atoms with Gasteiger partial charge in [-0.15, -0.1) is 0 Å². The molecule has 0 heterocycles. The van der Waals surface area contributed by atoms with Crippen molar-refractivity contribution >= 4 is 17.5 Å². The van der Waals surface area contributed by atoms with Crippen LogP contribution in [0.4, 0.5) is 0 Å². The summed E-state index contributed by atoms with van der Waals surface area (Å²) in [4.78, 5) is 16.1. The first-order valence-electron chi connectivity index (χ1n) is 6.59. The molecule has 110 valence electrons. The van der Waals surface area contributed by atoms with Crippen molar-refractivity contribution in [3.05, 3.63) is 53.6 Å². The third-order valence-electron chi connectivity index (χ3n) is 2.73. The normalized spacial score (nSPS) is 10.2. The third kappa shape index (κ3) is 4.48. The number of benzene rings is 2. The first-order chi connectivity index (χ1) is 10.2. The maximum absolute atomic E-state index is 11.4. The van der Waals surface area contributed by atoms with E-state index < -0.39 is 0 Å². The van der Waals surface area contributed by atoms with Crippen molar-refractivity contribution in [1.29, 1.82) is 0 Å². The van der Waals surface area contributed by atoms with Crippen LogP contribution in [0.2, 0.25) is 5.02 Å². The van der Waals surface area contributed by atoms with E-state index in [2.05, 4.69) is 5.48 Å². The van der Waals surface area contributed by atoms with Crippen LogP contribution in [-0.2, 0) is 9.63 Å². The quantitative estimate of drug-likeness (QED) is 0.832. The predicted octanol–water partition coefficient (Wildman–Crippen LogP) is 3.45. The average Bonchev–Trinajstić information content (AvgIpc) is 2.52. The lowest BCUT2D eigenvalue weighted by molar-refractivity contribution is -0.135. The van der Waals surface area contributed by atoms with E-state index in [4.69, 9.17) is 21.2 Å². The molecule has 0 saturated heterocycles. The van der Waals surface area contributed by atoms with Gasteiger partial charge in [0.2, 0.25) is 0 Å². The molecule has 21 heavy (non-hydrogen) atoms. The van der Waals surface area contributed by atoms with Crippen LogP contribution >= 0.6 is 11.6 Å². The Bertz CT molecular complexity index is 602. The first-order valence-corrected chi connectivity index (χ1v) is 6.97. The molecule has 2 rings (SSSR count). The van der Waals surface area contributed by atoms with Gasteiger partial charge in [-0.1, -0.05) is 48.0 Å². The molecule has 1 amide bonds. The zero-order valence-corrected chi connectivity index (χ0v) is 12.4. The van der Waals surface area contributed by atoms with Gasteiger partial charge < -0.3 is 4.74 Å². The summed E-state index contributed by atoms with van der Waals surface area (Å²) in [6, 6.07) is 15.3. The van der Waals surface area contributed by atoms with Gasteiger partial charge in [-0.2, -0.15) is 0 Å². The number of amides is 1. The number of nitrogens with one attached hydrogen (secondary N) is 1. The lowest BCUT2D eigenvalue weighted by atomic mass is 10.1. The van der Waals surface area contributed by atoms with Crippen LogP contribution in [0.25, 0.3) is 11.1 Å². The molecule has 0 bridgehead atoms. The highest BCUT2D eigenvalue weighted by atomic mass is 35.5. The van der Waals surface area contributed by atoms with Gasteiger partial charge in [0.1, 0.15) is 5.75 Å². The van der Waals surface area contributed by atoms with Crippen molar-refractivity contribution in [2.24, 2.45) is 0 Å². The maximum atomic E-state index is 11.4. The van der Waals surface area contributed by atoms with E-state index in [0.29, 0.717) is 17.4 Å². The Balaban J connectivity index is 2.01. The van der Waals surface area contributed by atoms with Crippen LogP contribution in [0.1, 0.15) is 6.92 Å². The fourth-order valence-electron chi connectivity index (χ4n) is 1.75. The highest BCUT2D eigenvalue weighted by Gasteiger charge is 2.07. The highest BCUT2D eigenvalue weighted by Crippen LogP contribution is 2.30. The zero-order chi connectivity index (χ0) is 15.1. The maximum Gasteiger partial charge on any atom is 0.281 e. The monoisotopic (exact) mass is 305 g/mol. The Hall–Kier alpha value is -2.04. The predicted molar refractivity (Wildman–Crippen MR) is 82.2 cm³/mol. The SMILES string of the molecule is CCONC(=O)COc1ccc(-c2ccccc2)cc1Cl. The molecule has 0 aliphatic heterocycles. The molecule has 0 atom stereocenters. The first kappa shape index (κ1) is 15.4. The van der Waals surface area contributed by atoms with Crippen LogP contribution in [0.15, 0.2) is 48.5 Å². The molecule has 0 spiro atoms. The molecule has 0 radical (unpaired) electrons. The number of hydroxylamine groups is 1. The smallest absolute Gasteiger partial charge is 0.281 e.